The largest absolute Gasteiger partial charge is 0.398 e. The third kappa shape index (κ3) is 2.46. The van der Waals surface area contributed by atoms with Crippen LogP contribution in [0.2, 0.25) is 0 Å². The van der Waals surface area contributed by atoms with Gasteiger partial charge in [0.2, 0.25) is 0 Å². The Morgan fingerprint density at radius 2 is 1.94 bits per heavy atom. The highest BCUT2D eigenvalue weighted by Crippen LogP contribution is 2.30. The maximum absolute atomic E-state index is 5.93. The molecule has 1 atom stereocenters. The molecule has 0 aliphatic carbocycles. The highest BCUT2D eigenvalue weighted by atomic mass is 79.9. The Morgan fingerprint density at radius 1 is 1.18 bits per heavy atom. The SMILES string of the molecule is NNC(c1cnccc1N)c1ccccc1Br. The van der Waals surface area contributed by atoms with Crippen LogP contribution in [0, 0.1) is 0 Å². The first kappa shape index (κ1) is 12.0. The van der Waals surface area contributed by atoms with Crippen LogP contribution in [0.4, 0.5) is 5.69 Å². The summed E-state index contributed by atoms with van der Waals surface area (Å²) >= 11 is 3.50. The van der Waals surface area contributed by atoms with Crippen LogP contribution in [0.25, 0.3) is 0 Å². The molecule has 2 aromatic rings. The van der Waals surface area contributed by atoms with Gasteiger partial charge >= 0.3 is 0 Å². The van der Waals surface area contributed by atoms with Gasteiger partial charge < -0.3 is 5.73 Å². The Labute approximate surface area is 108 Å². The van der Waals surface area contributed by atoms with Gasteiger partial charge in [0, 0.05) is 28.1 Å². The molecular formula is C12H13BrN4. The molecule has 17 heavy (non-hydrogen) atoms. The van der Waals surface area contributed by atoms with Gasteiger partial charge in [-0.25, -0.2) is 5.43 Å². The van der Waals surface area contributed by atoms with Gasteiger partial charge in [-0.2, -0.15) is 0 Å². The molecular weight excluding hydrogens is 280 g/mol. The molecule has 1 unspecified atom stereocenters. The Balaban J connectivity index is 2.48. The molecule has 5 heteroatoms. The first-order valence-electron chi connectivity index (χ1n) is 5.14. The molecule has 1 heterocycles. The van der Waals surface area contributed by atoms with Gasteiger partial charge in [0.15, 0.2) is 0 Å². The summed E-state index contributed by atoms with van der Waals surface area (Å²) in [6.45, 7) is 0. The van der Waals surface area contributed by atoms with Crippen LogP contribution < -0.4 is 17.0 Å². The van der Waals surface area contributed by atoms with E-state index < -0.39 is 0 Å². The normalized spacial score (nSPS) is 12.4. The van der Waals surface area contributed by atoms with Crippen molar-refractivity contribution in [3.05, 3.63) is 58.3 Å². The lowest BCUT2D eigenvalue weighted by atomic mass is 10.00. The molecule has 1 aromatic heterocycles. The molecule has 0 saturated carbocycles. The predicted molar refractivity (Wildman–Crippen MR) is 72.0 cm³/mol. The molecule has 0 aliphatic heterocycles. The summed E-state index contributed by atoms with van der Waals surface area (Å²) in [7, 11) is 0. The summed E-state index contributed by atoms with van der Waals surface area (Å²) < 4.78 is 0.978. The molecule has 1 aromatic carbocycles. The molecule has 0 spiro atoms. The number of anilines is 1. The molecule has 4 nitrogen and oxygen atoms in total. The monoisotopic (exact) mass is 292 g/mol. The second-order valence-electron chi connectivity index (χ2n) is 3.63. The Bertz CT molecular complexity index is 470. The van der Waals surface area contributed by atoms with Crippen molar-refractivity contribution >= 4 is 21.6 Å². The van der Waals surface area contributed by atoms with E-state index in [9.17, 15) is 0 Å². The van der Waals surface area contributed by atoms with Gasteiger partial charge in [-0.3, -0.25) is 10.8 Å². The molecule has 0 amide bonds. The first-order chi connectivity index (χ1) is 8.24. The van der Waals surface area contributed by atoms with E-state index in [2.05, 4.69) is 26.3 Å². The maximum atomic E-state index is 5.93. The van der Waals surface area contributed by atoms with Crippen molar-refractivity contribution in [2.45, 2.75) is 6.04 Å². The van der Waals surface area contributed by atoms with Crippen LogP contribution >= 0.6 is 15.9 Å². The third-order valence-electron chi connectivity index (χ3n) is 2.58. The fourth-order valence-electron chi connectivity index (χ4n) is 1.71. The molecule has 0 aliphatic rings. The third-order valence-corrected chi connectivity index (χ3v) is 3.30. The van der Waals surface area contributed by atoms with Crippen LogP contribution in [0.1, 0.15) is 17.2 Å². The van der Waals surface area contributed by atoms with Gasteiger partial charge in [-0.15, -0.1) is 0 Å². The lowest BCUT2D eigenvalue weighted by Gasteiger charge is -2.19. The highest BCUT2D eigenvalue weighted by molar-refractivity contribution is 9.10. The summed E-state index contributed by atoms with van der Waals surface area (Å²) in [4.78, 5) is 4.08. The number of hydrazine groups is 1. The summed E-state index contributed by atoms with van der Waals surface area (Å²) in [5.74, 6) is 5.62. The van der Waals surface area contributed by atoms with Crippen molar-refractivity contribution in [2.24, 2.45) is 5.84 Å². The lowest BCUT2D eigenvalue weighted by molar-refractivity contribution is 0.634. The average molecular weight is 293 g/mol. The van der Waals surface area contributed by atoms with Crippen molar-refractivity contribution in [1.29, 1.82) is 0 Å². The van der Waals surface area contributed by atoms with E-state index in [1.807, 2.05) is 24.3 Å². The van der Waals surface area contributed by atoms with E-state index >= 15 is 0 Å². The zero-order valence-corrected chi connectivity index (χ0v) is 10.7. The summed E-state index contributed by atoms with van der Waals surface area (Å²) in [6.07, 6.45) is 3.38. The van der Waals surface area contributed by atoms with Crippen molar-refractivity contribution in [1.82, 2.24) is 10.4 Å². The molecule has 0 saturated heterocycles. The molecule has 5 N–H and O–H groups in total. The number of nitrogen functional groups attached to an aromatic ring is 1. The fraction of sp³-hybridized carbons (Fsp3) is 0.0833. The number of nitrogens with two attached hydrogens (primary N) is 2. The first-order valence-corrected chi connectivity index (χ1v) is 5.93. The van der Waals surface area contributed by atoms with Crippen molar-refractivity contribution < 1.29 is 0 Å². The van der Waals surface area contributed by atoms with Gasteiger partial charge in [-0.1, -0.05) is 34.1 Å². The number of aromatic nitrogens is 1. The lowest BCUT2D eigenvalue weighted by Crippen LogP contribution is -2.29. The second-order valence-corrected chi connectivity index (χ2v) is 4.48. The molecule has 0 radical (unpaired) electrons. The van der Waals surface area contributed by atoms with Crippen molar-refractivity contribution in [3.8, 4) is 0 Å². The summed E-state index contributed by atoms with van der Waals surface area (Å²) in [5.41, 5.74) is 11.3. The van der Waals surface area contributed by atoms with Crippen LogP contribution in [0.5, 0.6) is 0 Å². The quantitative estimate of drug-likeness (QED) is 0.597. The average Bonchev–Trinajstić information content (AvgIpc) is 2.34. The topological polar surface area (TPSA) is 77.0 Å². The van der Waals surface area contributed by atoms with E-state index in [1.54, 1.807) is 18.5 Å². The van der Waals surface area contributed by atoms with Gasteiger partial charge in [-0.05, 0) is 17.7 Å². The van der Waals surface area contributed by atoms with E-state index in [1.165, 1.54) is 0 Å². The van der Waals surface area contributed by atoms with Crippen LogP contribution in [-0.2, 0) is 0 Å². The minimum atomic E-state index is -0.181. The Morgan fingerprint density at radius 3 is 2.59 bits per heavy atom. The minimum Gasteiger partial charge on any atom is -0.398 e. The fourth-order valence-corrected chi connectivity index (χ4v) is 2.23. The van der Waals surface area contributed by atoms with Gasteiger partial charge in [0.25, 0.3) is 0 Å². The Hall–Kier alpha value is -1.43. The number of nitrogens with one attached hydrogen (secondary N) is 1. The van der Waals surface area contributed by atoms with Gasteiger partial charge in [0.05, 0.1) is 6.04 Å². The number of hydrogen-bond donors (Lipinski definition) is 3. The smallest absolute Gasteiger partial charge is 0.0756 e. The molecule has 88 valence electrons. The van der Waals surface area contributed by atoms with Crippen molar-refractivity contribution in [3.63, 3.8) is 0 Å². The standard InChI is InChI=1S/C12H13BrN4/c13-10-4-2-1-3-8(10)12(17-15)9-7-16-6-5-11(9)14/h1-7,12,17H,15H2,(H2,14,16). The summed E-state index contributed by atoms with van der Waals surface area (Å²) in [6, 6.07) is 9.44. The van der Waals surface area contributed by atoms with Gasteiger partial charge in [0.1, 0.15) is 0 Å². The number of hydrogen-bond acceptors (Lipinski definition) is 4. The molecule has 0 bridgehead atoms. The number of benzene rings is 1. The second kappa shape index (κ2) is 5.27. The zero-order valence-electron chi connectivity index (χ0n) is 9.10. The van der Waals surface area contributed by atoms with E-state index in [-0.39, 0.29) is 6.04 Å². The number of halogens is 1. The molecule has 2 rings (SSSR count). The van der Waals surface area contributed by atoms with E-state index in [0.717, 1.165) is 15.6 Å². The predicted octanol–water partition coefficient (Wildman–Crippen LogP) is 1.98. The summed E-state index contributed by atoms with van der Waals surface area (Å²) in [5, 5.41) is 0. The Kier molecular flexibility index (Phi) is 3.73. The zero-order chi connectivity index (χ0) is 12.3. The number of nitrogens with zero attached hydrogens (tertiary/aromatic N) is 1. The van der Waals surface area contributed by atoms with Crippen LogP contribution in [0.15, 0.2) is 47.2 Å². The van der Waals surface area contributed by atoms with E-state index in [4.69, 9.17) is 11.6 Å². The molecule has 0 fully saturated rings. The minimum absolute atomic E-state index is 0.181. The van der Waals surface area contributed by atoms with Crippen LogP contribution in [0.3, 0.4) is 0 Å². The van der Waals surface area contributed by atoms with Crippen molar-refractivity contribution in [2.75, 3.05) is 5.73 Å². The van der Waals surface area contributed by atoms with E-state index in [0.29, 0.717) is 5.69 Å². The maximum Gasteiger partial charge on any atom is 0.0756 e. The number of pyridine rings is 1. The highest BCUT2D eigenvalue weighted by Gasteiger charge is 2.17. The number of rotatable bonds is 3. The van der Waals surface area contributed by atoms with Crippen LogP contribution in [-0.4, -0.2) is 4.98 Å².